The van der Waals surface area contributed by atoms with Crippen LogP contribution in [0.2, 0.25) is 0 Å². The molecule has 1 atom stereocenters. The molecule has 1 N–H and O–H groups in total. The van der Waals surface area contributed by atoms with Gasteiger partial charge in [0.15, 0.2) is 0 Å². The summed E-state index contributed by atoms with van der Waals surface area (Å²) in [6.07, 6.45) is 2.93. The highest BCUT2D eigenvalue weighted by Gasteiger charge is 2.17. The Hall–Kier alpha value is -1.82. The maximum Gasteiger partial charge on any atom is 0.276 e. The minimum absolute atomic E-state index is 0.00243. The van der Waals surface area contributed by atoms with Crippen molar-refractivity contribution in [3.63, 3.8) is 0 Å². The Morgan fingerprint density at radius 3 is 2.85 bits per heavy atom. The molecule has 0 saturated carbocycles. The standard InChI is InChI=1S/C14H20N2O4/c1-2-6-19-13-7-11(16(17)18)8-14(9-13)20-12-4-3-5-15-10-12/h7-9,12,15H,2-6,10H2,1H3. The number of piperidine rings is 1. The highest BCUT2D eigenvalue weighted by Crippen LogP contribution is 2.29. The van der Waals surface area contributed by atoms with Gasteiger partial charge in [0.05, 0.1) is 23.7 Å². The number of benzene rings is 1. The van der Waals surface area contributed by atoms with Crippen LogP contribution in [0, 0.1) is 10.1 Å². The zero-order valence-electron chi connectivity index (χ0n) is 11.6. The Morgan fingerprint density at radius 1 is 1.40 bits per heavy atom. The quantitative estimate of drug-likeness (QED) is 0.640. The number of nitro benzene ring substituents is 1. The van der Waals surface area contributed by atoms with Crippen LogP contribution in [0.3, 0.4) is 0 Å². The van der Waals surface area contributed by atoms with Crippen LogP contribution in [0.25, 0.3) is 0 Å². The lowest BCUT2D eigenvalue weighted by Gasteiger charge is -2.24. The van der Waals surface area contributed by atoms with Gasteiger partial charge in [-0.1, -0.05) is 6.92 Å². The minimum atomic E-state index is -0.426. The van der Waals surface area contributed by atoms with E-state index in [1.807, 2.05) is 6.92 Å². The average molecular weight is 280 g/mol. The Morgan fingerprint density at radius 2 is 2.20 bits per heavy atom. The van der Waals surface area contributed by atoms with Gasteiger partial charge in [-0.05, 0) is 25.8 Å². The summed E-state index contributed by atoms with van der Waals surface area (Å²) in [7, 11) is 0. The first-order valence-corrected chi connectivity index (χ1v) is 6.98. The molecule has 0 radical (unpaired) electrons. The largest absolute Gasteiger partial charge is 0.493 e. The van der Waals surface area contributed by atoms with Gasteiger partial charge in [0, 0.05) is 12.6 Å². The van der Waals surface area contributed by atoms with Crippen LogP contribution in [-0.4, -0.2) is 30.7 Å². The van der Waals surface area contributed by atoms with Crippen LogP contribution in [0.15, 0.2) is 18.2 Å². The molecule has 20 heavy (non-hydrogen) atoms. The van der Waals surface area contributed by atoms with E-state index >= 15 is 0 Å². The Bertz CT molecular complexity index is 458. The topological polar surface area (TPSA) is 73.6 Å². The van der Waals surface area contributed by atoms with Crippen molar-refractivity contribution >= 4 is 5.69 Å². The second-order valence-corrected chi connectivity index (χ2v) is 4.85. The number of ether oxygens (including phenoxy) is 2. The maximum atomic E-state index is 11.0. The molecule has 110 valence electrons. The lowest BCUT2D eigenvalue weighted by Crippen LogP contribution is -2.37. The lowest BCUT2D eigenvalue weighted by atomic mass is 10.1. The molecule has 0 amide bonds. The summed E-state index contributed by atoms with van der Waals surface area (Å²) in [5, 5.41) is 14.2. The molecule has 1 heterocycles. The first-order chi connectivity index (χ1) is 9.69. The lowest BCUT2D eigenvalue weighted by molar-refractivity contribution is -0.385. The SMILES string of the molecule is CCCOc1cc(OC2CCCNC2)cc([N+](=O)[O-])c1. The number of nitrogens with zero attached hydrogens (tertiary/aromatic N) is 1. The molecule has 1 aromatic rings. The molecule has 1 saturated heterocycles. The van der Waals surface area contributed by atoms with Crippen LogP contribution in [0.4, 0.5) is 5.69 Å². The normalized spacial score (nSPS) is 18.6. The highest BCUT2D eigenvalue weighted by atomic mass is 16.6. The van der Waals surface area contributed by atoms with Crippen LogP contribution in [-0.2, 0) is 0 Å². The van der Waals surface area contributed by atoms with Gasteiger partial charge in [-0.25, -0.2) is 0 Å². The first kappa shape index (κ1) is 14.6. The smallest absolute Gasteiger partial charge is 0.276 e. The molecule has 6 heteroatoms. The van der Waals surface area contributed by atoms with E-state index in [0.29, 0.717) is 18.1 Å². The summed E-state index contributed by atoms with van der Waals surface area (Å²) in [5.41, 5.74) is -0.00243. The molecule has 0 aromatic heterocycles. The zero-order chi connectivity index (χ0) is 14.4. The molecule has 1 aliphatic rings. The molecule has 1 aliphatic heterocycles. The van der Waals surface area contributed by atoms with E-state index < -0.39 is 4.92 Å². The Labute approximate surface area is 118 Å². The van der Waals surface area contributed by atoms with Crippen LogP contribution >= 0.6 is 0 Å². The summed E-state index contributed by atoms with van der Waals surface area (Å²) in [4.78, 5) is 10.5. The van der Waals surface area contributed by atoms with E-state index in [0.717, 1.165) is 32.4 Å². The number of hydrogen-bond acceptors (Lipinski definition) is 5. The van der Waals surface area contributed by atoms with Crippen molar-refractivity contribution in [1.29, 1.82) is 0 Å². The van der Waals surface area contributed by atoms with E-state index in [9.17, 15) is 10.1 Å². The van der Waals surface area contributed by atoms with Crippen molar-refractivity contribution in [3.05, 3.63) is 28.3 Å². The fourth-order valence-electron chi connectivity index (χ4n) is 2.15. The predicted octanol–water partition coefficient (Wildman–Crippen LogP) is 2.51. The molecule has 1 aromatic carbocycles. The molecule has 0 aliphatic carbocycles. The van der Waals surface area contributed by atoms with E-state index in [2.05, 4.69) is 5.32 Å². The third-order valence-corrected chi connectivity index (χ3v) is 3.10. The van der Waals surface area contributed by atoms with Gasteiger partial charge in [-0.15, -0.1) is 0 Å². The van der Waals surface area contributed by atoms with Crippen molar-refractivity contribution in [2.45, 2.75) is 32.3 Å². The number of hydrogen-bond donors (Lipinski definition) is 1. The third kappa shape index (κ3) is 4.09. The summed E-state index contributed by atoms with van der Waals surface area (Å²) in [5.74, 6) is 0.985. The molecule has 1 unspecified atom stereocenters. The molecule has 1 fully saturated rings. The number of non-ortho nitro benzene ring substituents is 1. The van der Waals surface area contributed by atoms with E-state index in [1.165, 1.54) is 12.1 Å². The van der Waals surface area contributed by atoms with Gasteiger partial charge in [0.2, 0.25) is 0 Å². The first-order valence-electron chi connectivity index (χ1n) is 6.98. The molecule has 0 spiro atoms. The predicted molar refractivity (Wildman–Crippen MR) is 75.4 cm³/mol. The second-order valence-electron chi connectivity index (χ2n) is 4.85. The molecule has 0 bridgehead atoms. The Kier molecular flexibility index (Phi) is 5.17. The summed E-state index contributed by atoms with van der Waals surface area (Å²) < 4.78 is 11.3. The fraction of sp³-hybridized carbons (Fsp3) is 0.571. The third-order valence-electron chi connectivity index (χ3n) is 3.10. The van der Waals surface area contributed by atoms with Crippen LogP contribution in [0.1, 0.15) is 26.2 Å². The molecular weight excluding hydrogens is 260 g/mol. The van der Waals surface area contributed by atoms with Gasteiger partial charge < -0.3 is 14.8 Å². The monoisotopic (exact) mass is 280 g/mol. The molecule has 6 nitrogen and oxygen atoms in total. The van der Waals surface area contributed by atoms with Crippen molar-refractivity contribution in [1.82, 2.24) is 5.32 Å². The maximum absolute atomic E-state index is 11.0. The summed E-state index contributed by atoms with van der Waals surface area (Å²) in [6.45, 7) is 4.29. The van der Waals surface area contributed by atoms with E-state index in [-0.39, 0.29) is 11.8 Å². The van der Waals surface area contributed by atoms with Gasteiger partial charge in [0.25, 0.3) is 5.69 Å². The fourth-order valence-corrected chi connectivity index (χ4v) is 2.15. The zero-order valence-corrected chi connectivity index (χ0v) is 11.6. The van der Waals surface area contributed by atoms with Gasteiger partial charge in [0.1, 0.15) is 17.6 Å². The van der Waals surface area contributed by atoms with Crippen LogP contribution in [0.5, 0.6) is 11.5 Å². The van der Waals surface area contributed by atoms with Gasteiger partial charge >= 0.3 is 0 Å². The summed E-state index contributed by atoms with van der Waals surface area (Å²) >= 11 is 0. The van der Waals surface area contributed by atoms with E-state index in [4.69, 9.17) is 9.47 Å². The van der Waals surface area contributed by atoms with Gasteiger partial charge in [-0.3, -0.25) is 10.1 Å². The molecular formula is C14H20N2O4. The van der Waals surface area contributed by atoms with Crippen molar-refractivity contribution in [2.75, 3.05) is 19.7 Å². The average Bonchev–Trinajstić information content (AvgIpc) is 2.46. The van der Waals surface area contributed by atoms with Crippen LogP contribution < -0.4 is 14.8 Å². The second kappa shape index (κ2) is 7.09. The Balaban J connectivity index is 2.12. The number of nitrogens with one attached hydrogen (secondary N) is 1. The molecule has 2 rings (SSSR count). The van der Waals surface area contributed by atoms with Crippen molar-refractivity contribution in [3.8, 4) is 11.5 Å². The summed E-state index contributed by atoms with van der Waals surface area (Å²) in [6, 6.07) is 4.60. The minimum Gasteiger partial charge on any atom is -0.493 e. The van der Waals surface area contributed by atoms with Crippen molar-refractivity contribution < 1.29 is 14.4 Å². The van der Waals surface area contributed by atoms with E-state index in [1.54, 1.807) is 6.07 Å². The highest BCUT2D eigenvalue weighted by molar-refractivity contribution is 5.46. The van der Waals surface area contributed by atoms with Gasteiger partial charge in [-0.2, -0.15) is 0 Å². The number of nitro groups is 1. The number of rotatable bonds is 6. The van der Waals surface area contributed by atoms with Crippen molar-refractivity contribution in [2.24, 2.45) is 0 Å².